The quantitative estimate of drug-likeness (QED) is 0.391. The van der Waals surface area contributed by atoms with Crippen LogP contribution in [0.25, 0.3) is 5.69 Å². The molecular weight excluding hydrogens is 477 g/mol. The predicted molar refractivity (Wildman–Crippen MR) is 132 cm³/mol. The smallest absolute Gasteiger partial charge is 0.269 e. The zero-order valence-electron chi connectivity index (χ0n) is 19.1. The van der Waals surface area contributed by atoms with Crippen molar-refractivity contribution in [3.8, 4) is 11.8 Å². The Morgan fingerprint density at radius 1 is 1.21 bits per heavy atom. The van der Waals surface area contributed by atoms with E-state index in [1.165, 1.54) is 17.9 Å². The number of ether oxygens (including phenoxy) is 1. The van der Waals surface area contributed by atoms with E-state index in [4.69, 9.17) is 27.9 Å². The van der Waals surface area contributed by atoms with Crippen LogP contribution in [0.5, 0.6) is 0 Å². The van der Waals surface area contributed by atoms with Crippen molar-refractivity contribution < 1.29 is 9.53 Å². The van der Waals surface area contributed by atoms with Crippen LogP contribution in [0.1, 0.15) is 33.8 Å². The number of aromatic nitrogens is 2. The van der Waals surface area contributed by atoms with E-state index < -0.39 is 11.5 Å². The number of aryl methyl sites for hydroxylation is 2. The molecule has 0 radical (unpaired) electrons. The van der Waals surface area contributed by atoms with Crippen molar-refractivity contribution >= 4 is 35.3 Å². The molecule has 0 fully saturated rings. The Balaban J connectivity index is 1.78. The Hall–Kier alpha value is -3.38. The maximum Gasteiger partial charge on any atom is 0.269 e. The molecule has 0 saturated carbocycles. The Bertz CT molecular complexity index is 1380. The van der Waals surface area contributed by atoms with Gasteiger partial charge in [-0.3, -0.25) is 9.59 Å². The third-order valence-corrected chi connectivity index (χ3v) is 5.85. The molecule has 0 bridgehead atoms. The van der Waals surface area contributed by atoms with E-state index in [1.54, 1.807) is 25.1 Å². The van der Waals surface area contributed by atoms with Crippen LogP contribution in [-0.4, -0.2) is 28.4 Å². The zero-order chi connectivity index (χ0) is 25.0. The lowest BCUT2D eigenvalue weighted by molar-refractivity contribution is -0.121. The predicted octanol–water partition coefficient (Wildman–Crippen LogP) is 4.04. The first-order valence-electron chi connectivity index (χ1n) is 10.3. The summed E-state index contributed by atoms with van der Waals surface area (Å²) in [6.07, 6.45) is 1.53. The van der Waals surface area contributed by atoms with Gasteiger partial charge >= 0.3 is 0 Å². The topological polar surface area (TPSA) is 101 Å². The number of nitrogens with one attached hydrogen (secondary N) is 1. The molecule has 1 N–H and O–H groups in total. The molecule has 0 aliphatic rings. The van der Waals surface area contributed by atoms with Gasteiger partial charge in [-0.2, -0.15) is 10.4 Å². The number of pyridine rings is 1. The lowest BCUT2D eigenvalue weighted by Gasteiger charge is -2.12. The highest BCUT2D eigenvalue weighted by Gasteiger charge is 2.15. The van der Waals surface area contributed by atoms with E-state index in [0.717, 1.165) is 22.6 Å². The monoisotopic (exact) mass is 499 g/mol. The molecule has 1 amide bonds. The van der Waals surface area contributed by atoms with E-state index in [9.17, 15) is 14.9 Å². The maximum absolute atomic E-state index is 12.7. The highest BCUT2D eigenvalue weighted by Crippen LogP contribution is 2.28. The number of methoxy groups -OCH3 is 1. The second kappa shape index (κ2) is 10.7. The van der Waals surface area contributed by atoms with Crippen LogP contribution in [0, 0.1) is 32.1 Å². The van der Waals surface area contributed by atoms with Crippen LogP contribution in [0.2, 0.25) is 10.0 Å². The summed E-state index contributed by atoms with van der Waals surface area (Å²) in [5.41, 5.74) is 6.24. The van der Waals surface area contributed by atoms with Gasteiger partial charge in [-0.25, -0.2) is 5.43 Å². The molecule has 0 aliphatic carbocycles. The number of carbonyl (C=O) groups excluding carboxylic acids is 1. The number of hydrogen-bond donors (Lipinski definition) is 1. The summed E-state index contributed by atoms with van der Waals surface area (Å²) < 4.78 is 8.24. The number of rotatable bonds is 7. The van der Waals surface area contributed by atoms with Gasteiger partial charge in [0.15, 0.2) is 0 Å². The number of hydrazone groups is 1. The molecule has 34 heavy (non-hydrogen) atoms. The maximum atomic E-state index is 12.7. The molecule has 1 aromatic carbocycles. The van der Waals surface area contributed by atoms with Crippen LogP contribution >= 0.6 is 23.2 Å². The molecule has 0 atom stereocenters. The summed E-state index contributed by atoms with van der Waals surface area (Å²) in [5, 5.41) is 14.4. The Kier molecular flexibility index (Phi) is 7.94. The standard InChI is InChI=1S/C24H23Cl2N5O3/c1-14-7-18(13-34-4)20(10-27)24(33)30(14)12-23(32)29-28-11-17-8-15(2)31(16(17)3)22-6-5-19(25)9-21(22)26/h5-9,11H,12-13H2,1-4H3,(H,29,32). The van der Waals surface area contributed by atoms with Gasteiger partial charge in [0.25, 0.3) is 11.5 Å². The molecule has 0 spiro atoms. The molecule has 8 nitrogen and oxygen atoms in total. The number of nitriles is 1. The molecule has 0 aliphatic heterocycles. The first-order valence-corrected chi connectivity index (χ1v) is 11.0. The van der Waals surface area contributed by atoms with Gasteiger partial charge in [-0.05, 0) is 51.1 Å². The number of nitrogens with zero attached hydrogens (tertiary/aromatic N) is 4. The second-order valence-electron chi connectivity index (χ2n) is 7.67. The highest BCUT2D eigenvalue weighted by atomic mass is 35.5. The number of halogens is 2. The molecule has 2 heterocycles. The molecular formula is C24H23Cl2N5O3. The minimum absolute atomic E-state index is 0.0444. The van der Waals surface area contributed by atoms with Crippen LogP contribution in [0.15, 0.2) is 40.2 Å². The lowest BCUT2D eigenvalue weighted by atomic mass is 10.1. The largest absolute Gasteiger partial charge is 0.380 e. The van der Waals surface area contributed by atoms with Crippen LogP contribution in [0.3, 0.4) is 0 Å². The summed E-state index contributed by atoms with van der Waals surface area (Å²) in [4.78, 5) is 25.1. The number of amides is 1. The molecule has 176 valence electrons. The van der Waals surface area contributed by atoms with Gasteiger partial charge in [-0.15, -0.1) is 0 Å². The van der Waals surface area contributed by atoms with Crippen LogP contribution in [0.4, 0.5) is 0 Å². The Morgan fingerprint density at radius 3 is 2.59 bits per heavy atom. The van der Waals surface area contributed by atoms with Gasteiger partial charge in [0.1, 0.15) is 18.2 Å². The average Bonchev–Trinajstić information content (AvgIpc) is 3.05. The normalized spacial score (nSPS) is 11.1. The first kappa shape index (κ1) is 25.2. The summed E-state index contributed by atoms with van der Waals surface area (Å²) >= 11 is 12.4. The van der Waals surface area contributed by atoms with E-state index in [-0.39, 0.29) is 18.7 Å². The minimum atomic E-state index is -0.544. The van der Waals surface area contributed by atoms with E-state index in [0.29, 0.717) is 21.3 Å². The minimum Gasteiger partial charge on any atom is -0.380 e. The Morgan fingerprint density at radius 2 is 1.94 bits per heavy atom. The average molecular weight is 500 g/mol. The van der Waals surface area contributed by atoms with E-state index >= 15 is 0 Å². The van der Waals surface area contributed by atoms with Crippen molar-refractivity contribution in [2.24, 2.45) is 5.10 Å². The Labute approximate surface area is 207 Å². The molecule has 3 rings (SSSR count). The fraction of sp³-hybridized carbons (Fsp3) is 0.250. The molecule has 10 heteroatoms. The van der Waals surface area contributed by atoms with E-state index in [2.05, 4.69) is 10.5 Å². The van der Waals surface area contributed by atoms with Crippen molar-refractivity contribution in [3.05, 3.63) is 84.5 Å². The van der Waals surface area contributed by atoms with Gasteiger partial charge in [0, 0.05) is 40.3 Å². The molecule has 0 unspecified atom stereocenters. The third kappa shape index (κ3) is 5.23. The van der Waals surface area contributed by atoms with Crippen molar-refractivity contribution in [2.45, 2.75) is 33.9 Å². The van der Waals surface area contributed by atoms with Crippen molar-refractivity contribution in [1.82, 2.24) is 14.6 Å². The van der Waals surface area contributed by atoms with Gasteiger partial charge in [0.2, 0.25) is 0 Å². The summed E-state index contributed by atoms with van der Waals surface area (Å²) in [6, 6.07) is 10.7. The number of carbonyl (C=O) groups is 1. The fourth-order valence-corrected chi connectivity index (χ4v) is 4.22. The number of benzene rings is 1. The number of hydrogen-bond acceptors (Lipinski definition) is 5. The summed E-state index contributed by atoms with van der Waals surface area (Å²) in [5.74, 6) is -0.501. The van der Waals surface area contributed by atoms with Crippen molar-refractivity contribution in [3.63, 3.8) is 0 Å². The first-order chi connectivity index (χ1) is 16.2. The molecule has 2 aromatic heterocycles. The second-order valence-corrected chi connectivity index (χ2v) is 8.52. The van der Waals surface area contributed by atoms with E-state index in [1.807, 2.05) is 36.6 Å². The van der Waals surface area contributed by atoms with Crippen molar-refractivity contribution in [2.75, 3.05) is 7.11 Å². The van der Waals surface area contributed by atoms with Crippen LogP contribution < -0.4 is 11.0 Å². The lowest BCUT2D eigenvalue weighted by Crippen LogP contribution is -2.33. The van der Waals surface area contributed by atoms with Gasteiger partial charge < -0.3 is 13.9 Å². The van der Waals surface area contributed by atoms with Gasteiger partial charge in [0.05, 0.1) is 23.5 Å². The third-order valence-electron chi connectivity index (χ3n) is 5.32. The zero-order valence-corrected chi connectivity index (χ0v) is 20.7. The summed E-state index contributed by atoms with van der Waals surface area (Å²) in [6.45, 7) is 5.40. The fourth-order valence-electron chi connectivity index (χ4n) is 3.72. The summed E-state index contributed by atoms with van der Waals surface area (Å²) in [7, 11) is 1.48. The van der Waals surface area contributed by atoms with Gasteiger partial charge in [-0.1, -0.05) is 23.2 Å². The SMILES string of the molecule is COCc1cc(C)n(CC(=O)NN=Cc2cc(C)n(-c3ccc(Cl)cc3Cl)c2C)c(=O)c1C#N. The highest BCUT2D eigenvalue weighted by molar-refractivity contribution is 6.35. The molecule has 0 saturated heterocycles. The van der Waals surface area contributed by atoms with Crippen molar-refractivity contribution in [1.29, 1.82) is 5.26 Å². The molecule has 3 aromatic rings. The van der Waals surface area contributed by atoms with Crippen LogP contribution in [-0.2, 0) is 22.7 Å².